The SMILES string of the molecule is Cc1cc(C(=O)N2CCOCC2CC(O)c2ccco2)cc(C)c1F. The van der Waals surface area contributed by atoms with E-state index in [1.165, 1.54) is 6.26 Å². The Labute approximate surface area is 146 Å². The average Bonchev–Trinajstić information content (AvgIpc) is 3.14. The molecular weight excluding hydrogens is 325 g/mol. The van der Waals surface area contributed by atoms with Gasteiger partial charge < -0.3 is 19.2 Å². The van der Waals surface area contributed by atoms with Gasteiger partial charge in [0.1, 0.15) is 17.7 Å². The van der Waals surface area contributed by atoms with Gasteiger partial charge in [0.05, 0.1) is 25.5 Å². The van der Waals surface area contributed by atoms with E-state index in [1.807, 2.05) is 0 Å². The van der Waals surface area contributed by atoms with E-state index in [4.69, 9.17) is 9.15 Å². The van der Waals surface area contributed by atoms with Gasteiger partial charge in [-0.25, -0.2) is 4.39 Å². The van der Waals surface area contributed by atoms with Crippen LogP contribution < -0.4 is 0 Å². The first kappa shape index (κ1) is 17.6. The van der Waals surface area contributed by atoms with Crippen LogP contribution in [-0.4, -0.2) is 41.7 Å². The van der Waals surface area contributed by atoms with E-state index >= 15 is 0 Å². The van der Waals surface area contributed by atoms with Crippen LogP contribution >= 0.6 is 0 Å². The van der Waals surface area contributed by atoms with Crippen LogP contribution in [0.3, 0.4) is 0 Å². The predicted octanol–water partition coefficient (Wildman–Crippen LogP) is 3.00. The van der Waals surface area contributed by atoms with Crippen LogP contribution in [0, 0.1) is 19.7 Å². The van der Waals surface area contributed by atoms with E-state index in [0.29, 0.717) is 48.6 Å². The number of aliphatic hydroxyl groups excluding tert-OH is 1. The second-order valence-corrected chi connectivity index (χ2v) is 6.42. The average molecular weight is 347 g/mol. The molecule has 0 bridgehead atoms. The number of rotatable bonds is 4. The number of ether oxygens (including phenoxy) is 1. The van der Waals surface area contributed by atoms with Crippen molar-refractivity contribution in [3.05, 3.63) is 58.8 Å². The molecule has 6 heteroatoms. The maximum Gasteiger partial charge on any atom is 0.254 e. The second kappa shape index (κ2) is 7.37. The molecule has 1 aromatic carbocycles. The van der Waals surface area contributed by atoms with Crippen molar-refractivity contribution < 1.29 is 23.4 Å². The number of nitrogens with zero attached hydrogens (tertiary/aromatic N) is 1. The number of aliphatic hydroxyl groups is 1. The molecule has 0 radical (unpaired) electrons. The highest BCUT2D eigenvalue weighted by molar-refractivity contribution is 5.95. The summed E-state index contributed by atoms with van der Waals surface area (Å²) >= 11 is 0. The quantitative estimate of drug-likeness (QED) is 0.923. The van der Waals surface area contributed by atoms with Crippen LogP contribution in [0.1, 0.15) is 39.8 Å². The summed E-state index contributed by atoms with van der Waals surface area (Å²) in [6, 6.07) is 6.28. The monoisotopic (exact) mass is 347 g/mol. The van der Waals surface area contributed by atoms with Crippen molar-refractivity contribution in [3.8, 4) is 0 Å². The fourth-order valence-electron chi connectivity index (χ4n) is 3.21. The van der Waals surface area contributed by atoms with Crippen molar-refractivity contribution in [2.45, 2.75) is 32.4 Å². The summed E-state index contributed by atoms with van der Waals surface area (Å²) in [5.41, 5.74) is 1.35. The van der Waals surface area contributed by atoms with Gasteiger partial charge >= 0.3 is 0 Å². The number of halogens is 1. The third kappa shape index (κ3) is 3.75. The molecule has 1 saturated heterocycles. The second-order valence-electron chi connectivity index (χ2n) is 6.42. The van der Waals surface area contributed by atoms with Crippen molar-refractivity contribution in [2.24, 2.45) is 0 Å². The lowest BCUT2D eigenvalue weighted by atomic mass is 10.0. The fraction of sp³-hybridized carbons (Fsp3) is 0.421. The molecule has 0 spiro atoms. The Balaban J connectivity index is 1.79. The lowest BCUT2D eigenvalue weighted by Crippen LogP contribution is -2.49. The molecule has 1 fully saturated rings. The van der Waals surface area contributed by atoms with Crippen molar-refractivity contribution >= 4 is 5.91 Å². The van der Waals surface area contributed by atoms with Gasteiger partial charge in [-0.15, -0.1) is 0 Å². The van der Waals surface area contributed by atoms with Crippen LogP contribution in [0.15, 0.2) is 34.9 Å². The Hall–Kier alpha value is -2.18. The predicted molar refractivity (Wildman–Crippen MR) is 89.8 cm³/mol. The smallest absolute Gasteiger partial charge is 0.254 e. The highest BCUT2D eigenvalue weighted by Gasteiger charge is 2.31. The molecular formula is C19H22FNO4. The van der Waals surface area contributed by atoms with E-state index in [1.54, 1.807) is 43.0 Å². The zero-order valence-corrected chi connectivity index (χ0v) is 14.4. The molecule has 1 N–H and O–H groups in total. The number of aryl methyl sites for hydroxylation is 2. The lowest BCUT2D eigenvalue weighted by molar-refractivity contribution is -0.0195. The van der Waals surface area contributed by atoms with Gasteiger partial charge in [-0.2, -0.15) is 0 Å². The third-order valence-electron chi connectivity index (χ3n) is 4.54. The molecule has 2 heterocycles. The first-order chi connectivity index (χ1) is 12.0. The third-order valence-corrected chi connectivity index (χ3v) is 4.54. The van der Waals surface area contributed by atoms with E-state index in [9.17, 15) is 14.3 Å². The van der Waals surface area contributed by atoms with Gasteiger partial charge in [-0.05, 0) is 49.2 Å². The van der Waals surface area contributed by atoms with Gasteiger partial charge in [0.25, 0.3) is 5.91 Å². The number of morpholine rings is 1. The van der Waals surface area contributed by atoms with Crippen LogP contribution in [0.4, 0.5) is 4.39 Å². The maximum absolute atomic E-state index is 13.8. The minimum atomic E-state index is -0.811. The van der Waals surface area contributed by atoms with Crippen molar-refractivity contribution in [1.82, 2.24) is 4.90 Å². The first-order valence-corrected chi connectivity index (χ1v) is 8.34. The highest BCUT2D eigenvalue weighted by atomic mass is 19.1. The Kier molecular flexibility index (Phi) is 5.20. The summed E-state index contributed by atoms with van der Waals surface area (Å²) in [6.45, 7) is 4.53. The lowest BCUT2D eigenvalue weighted by Gasteiger charge is -2.36. The number of benzene rings is 1. The summed E-state index contributed by atoms with van der Waals surface area (Å²) in [5.74, 6) is 0.000840. The zero-order valence-electron chi connectivity index (χ0n) is 14.4. The van der Waals surface area contributed by atoms with E-state index < -0.39 is 6.10 Å². The number of carbonyl (C=O) groups is 1. The summed E-state index contributed by atoms with van der Waals surface area (Å²) in [6.07, 6.45) is 1.01. The maximum atomic E-state index is 13.8. The molecule has 2 atom stereocenters. The van der Waals surface area contributed by atoms with Gasteiger partial charge in [0, 0.05) is 18.5 Å². The topological polar surface area (TPSA) is 62.9 Å². The van der Waals surface area contributed by atoms with Gasteiger partial charge in [-0.3, -0.25) is 4.79 Å². The largest absolute Gasteiger partial charge is 0.467 e. The van der Waals surface area contributed by atoms with Gasteiger partial charge in [-0.1, -0.05) is 0 Å². The highest BCUT2D eigenvalue weighted by Crippen LogP contribution is 2.25. The molecule has 1 amide bonds. The molecule has 1 aromatic heterocycles. The van der Waals surface area contributed by atoms with Crippen LogP contribution in [0.5, 0.6) is 0 Å². The summed E-state index contributed by atoms with van der Waals surface area (Å²) < 4.78 is 24.5. The van der Waals surface area contributed by atoms with Crippen molar-refractivity contribution in [3.63, 3.8) is 0 Å². The van der Waals surface area contributed by atoms with Gasteiger partial charge in [0.2, 0.25) is 0 Å². The zero-order chi connectivity index (χ0) is 18.0. The molecule has 3 rings (SSSR count). The Morgan fingerprint density at radius 3 is 2.76 bits per heavy atom. The molecule has 0 saturated carbocycles. The van der Waals surface area contributed by atoms with Crippen LogP contribution in [0.2, 0.25) is 0 Å². The minimum Gasteiger partial charge on any atom is -0.467 e. The van der Waals surface area contributed by atoms with Gasteiger partial charge in [0.15, 0.2) is 0 Å². The molecule has 2 unspecified atom stereocenters. The summed E-state index contributed by atoms with van der Waals surface area (Å²) in [7, 11) is 0. The number of hydrogen-bond donors (Lipinski definition) is 1. The van der Waals surface area contributed by atoms with Crippen molar-refractivity contribution in [1.29, 1.82) is 0 Å². The number of carbonyl (C=O) groups excluding carboxylic acids is 1. The minimum absolute atomic E-state index is 0.175. The Bertz CT molecular complexity index is 721. The van der Waals surface area contributed by atoms with Crippen LogP contribution in [-0.2, 0) is 4.74 Å². The summed E-state index contributed by atoms with van der Waals surface area (Å²) in [4.78, 5) is 14.6. The number of amides is 1. The molecule has 1 aliphatic rings. The Morgan fingerprint density at radius 1 is 1.40 bits per heavy atom. The number of furan rings is 1. The van der Waals surface area contributed by atoms with Crippen LogP contribution in [0.25, 0.3) is 0 Å². The fourth-order valence-corrected chi connectivity index (χ4v) is 3.21. The standard InChI is InChI=1S/C19H22FNO4/c1-12-8-14(9-13(2)18(12)20)19(23)21-5-7-24-11-15(21)10-16(22)17-4-3-6-25-17/h3-4,6,8-9,15-16,22H,5,7,10-11H2,1-2H3. The van der Waals surface area contributed by atoms with Crippen molar-refractivity contribution in [2.75, 3.05) is 19.8 Å². The molecule has 134 valence electrons. The molecule has 25 heavy (non-hydrogen) atoms. The van der Waals surface area contributed by atoms with E-state index in [-0.39, 0.29) is 17.8 Å². The molecule has 0 aliphatic carbocycles. The molecule has 5 nitrogen and oxygen atoms in total. The molecule has 1 aliphatic heterocycles. The van der Waals surface area contributed by atoms with E-state index in [2.05, 4.69) is 0 Å². The Morgan fingerprint density at radius 2 is 2.12 bits per heavy atom. The van der Waals surface area contributed by atoms with E-state index in [0.717, 1.165) is 0 Å². The number of hydrogen-bond acceptors (Lipinski definition) is 4. The molecule has 2 aromatic rings. The normalized spacial score (nSPS) is 19.0. The summed E-state index contributed by atoms with van der Waals surface area (Å²) in [5, 5.41) is 10.3. The first-order valence-electron chi connectivity index (χ1n) is 8.34.